The largest absolute Gasteiger partial charge is 0.294 e. The van der Waals surface area contributed by atoms with Crippen LogP contribution < -0.4 is 0 Å². The molecule has 3 nitrogen and oxygen atoms in total. The number of aromatic nitrogens is 2. The van der Waals surface area contributed by atoms with Crippen molar-refractivity contribution < 1.29 is 9.18 Å². The first kappa shape index (κ1) is 15.2. The molecule has 0 atom stereocenters. The zero-order valence-electron chi connectivity index (χ0n) is 11.1. The highest BCUT2D eigenvalue weighted by atomic mass is 79.9. The van der Waals surface area contributed by atoms with Crippen LogP contribution in [0.2, 0.25) is 5.02 Å². The Bertz CT molecular complexity index is 669. The van der Waals surface area contributed by atoms with Gasteiger partial charge in [-0.25, -0.2) is 4.39 Å². The fourth-order valence-corrected chi connectivity index (χ4v) is 2.82. The van der Waals surface area contributed by atoms with Crippen molar-refractivity contribution in [2.45, 2.75) is 19.8 Å². The highest BCUT2D eigenvalue weighted by molar-refractivity contribution is 9.10. The third kappa shape index (κ3) is 2.79. The molecule has 1 aromatic heterocycles. The molecule has 1 aromatic carbocycles. The summed E-state index contributed by atoms with van der Waals surface area (Å²) in [5.41, 5.74) is 1.71. The number of carbonyl (C=O) groups excluding carboxylic acids is 1. The molecule has 0 unspecified atom stereocenters. The van der Waals surface area contributed by atoms with Gasteiger partial charge in [0.15, 0.2) is 5.78 Å². The van der Waals surface area contributed by atoms with Gasteiger partial charge in [-0.1, -0.05) is 30.7 Å². The summed E-state index contributed by atoms with van der Waals surface area (Å²) in [6.45, 7) is 1.95. The third-order valence-corrected chi connectivity index (χ3v) is 4.33. The average Bonchev–Trinajstić information content (AvgIpc) is 2.69. The Morgan fingerprint density at radius 3 is 2.80 bits per heavy atom. The van der Waals surface area contributed by atoms with Gasteiger partial charge in [0, 0.05) is 12.6 Å². The molecule has 0 fully saturated rings. The lowest BCUT2D eigenvalue weighted by molar-refractivity contribution is 0.0989. The molecule has 0 saturated carbocycles. The second kappa shape index (κ2) is 6.06. The minimum absolute atomic E-state index is 0.0877. The molecule has 2 aromatic rings. The highest BCUT2D eigenvalue weighted by Crippen LogP contribution is 2.25. The summed E-state index contributed by atoms with van der Waals surface area (Å²) in [5.74, 6) is -0.662. The lowest BCUT2D eigenvalue weighted by atomic mass is 10.1. The first-order valence-electron chi connectivity index (χ1n) is 6.13. The van der Waals surface area contributed by atoms with E-state index in [9.17, 15) is 9.18 Å². The monoisotopic (exact) mass is 358 g/mol. The number of benzene rings is 1. The van der Waals surface area contributed by atoms with E-state index in [1.54, 1.807) is 17.8 Å². The number of ketones is 1. The molecule has 20 heavy (non-hydrogen) atoms. The van der Waals surface area contributed by atoms with Gasteiger partial charge in [-0.3, -0.25) is 9.48 Å². The van der Waals surface area contributed by atoms with Crippen molar-refractivity contribution in [1.82, 2.24) is 9.78 Å². The van der Waals surface area contributed by atoms with Crippen LogP contribution in [-0.4, -0.2) is 15.6 Å². The van der Waals surface area contributed by atoms with Crippen molar-refractivity contribution >= 4 is 33.3 Å². The fourth-order valence-electron chi connectivity index (χ4n) is 1.98. The van der Waals surface area contributed by atoms with E-state index in [4.69, 9.17) is 11.6 Å². The van der Waals surface area contributed by atoms with E-state index in [0.29, 0.717) is 22.7 Å². The molecular weight excluding hydrogens is 347 g/mol. The van der Waals surface area contributed by atoms with Crippen molar-refractivity contribution in [1.29, 1.82) is 0 Å². The van der Waals surface area contributed by atoms with Crippen molar-refractivity contribution in [3.05, 3.63) is 50.5 Å². The van der Waals surface area contributed by atoms with Crippen LogP contribution >= 0.6 is 27.5 Å². The van der Waals surface area contributed by atoms with Gasteiger partial charge in [-0.05, 0) is 28.4 Å². The summed E-state index contributed by atoms with van der Waals surface area (Å²) in [5, 5.41) is 4.77. The second-order valence-electron chi connectivity index (χ2n) is 4.39. The van der Waals surface area contributed by atoms with Crippen molar-refractivity contribution in [3.63, 3.8) is 0 Å². The molecule has 0 aliphatic carbocycles. The van der Waals surface area contributed by atoms with Crippen LogP contribution in [0, 0.1) is 5.82 Å². The van der Waals surface area contributed by atoms with Crippen LogP contribution in [0.4, 0.5) is 4.39 Å². The maximum absolute atomic E-state index is 13.5. The van der Waals surface area contributed by atoms with E-state index in [1.165, 1.54) is 12.1 Å². The smallest absolute Gasteiger partial charge is 0.170 e. The summed E-state index contributed by atoms with van der Waals surface area (Å²) < 4.78 is 15.2. The normalized spacial score (nSPS) is 10.8. The van der Waals surface area contributed by atoms with Gasteiger partial charge >= 0.3 is 0 Å². The molecule has 0 amide bonds. The molecule has 0 bridgehead atoms. The van der Waals surface area contributed by atoms with Crippen LogP contribution in [0.25, 0.3) is 0 Å². The van der Waals surface area contributed by atoms with Crippen LogP contribution in [0.3, 0.4) is 0 Å². The van der Waals surface area contributed by atoms with Gasteiger partial charge in [-0.2, -0.15) is 5.10 Å². The maximum Gasteiger partial charge on any atom is 0.170 e. The van der Waals surface area contributed by atoms with Crippen LogP contribution in [-0.2, 0) is 19.9 Å². The molecule has 0 aliphatic heterocycles. The van der Waals surface area contributed by atoms with Gasteiger partial charge in [0.25, 0.3) is 0 Å². The van der Waals surface area contributed by atoms with Crippen molar-refractivity contribution in [2.24, 2.45) is 7.05 Å². The van der Waals surface area contributed by atoms with Gasteiger partial charge in [0.2, 0.25) is 0 Å². The van der Waals surface area contributed by atoms with E-state index < -0.39 is 5.82 Å². The number of hydrogen-bond acceptors (Lipinski definition) is 2. The van der Waals surface area contributed by atoms with E-state index >= 15 is 0 Å². The first-order valence-corrected chi connectivity index (χ1v) is 7.30. The Morgan fingerprint density at radius 1 is 1.50 bits per heavy atom. The minimum atomic E-state index is -0.457. The molecular formula is C14H13BrClFN2O. The first-order chi connectivity index (χ1) is 9.45. The number of Topliss-reactive ketones (excluding diaryl/α,β-unsaturated/α-hetero) is 1. The van der Waals surface area contributed by atoms with Gasteiger partial charge < -0.3 is 0 Å². The summed E-state index contributed by atoms with van der Waals surface area (Å²) >= 11 is 9.31. The minimum Gasteiger partial charge on any atom is -0.294 e. The standard InChI is InChI=1S/C14H13BrClFN2O/c1-3-10-14(16)11(19(2)18-10)7-12(20)8-5-4-6-9(17)13(8)15/h4-6H,3,7H2,1-2H3. The summed E-state index contributed by atoms with van der Waals surface area (Å²) in [4.78, 5) is 12.3. The molecule has 106 valence electrons. The topological polar surface area (TPSA) is 34.9 Å². The Labute approximate surface area is 129 Å². The third-order valence-electron chi connectivity index (χ3n) is 3.08. The summed E-state index contributed by atoms with van der Waals surface area (Å²) in [7, 11) is 1.74. The lowest BCUT2D eigenvalue weighted by Gasteiger charge is -2.05. The van der Waals surface area contributed by atoms with E-state index in [2.05, 4.69) is 21.0 Å². The van der Waals surface area contributed by atoms with Crippen molar-refractivity contribution in [3.8, 4) is 0 Å². The number of hydrogen-bond donors (Lipinski definition) is 0. The molecule has 6 heteroatoms. The van der Waals surface area contributed by atoms with Gasteiger partial charge in [0.05, 0.1) is 27.3 Å². The second-order valence-corrected chi connectivity index (χ2v) is 5.56. The van der Waals surface area contributed by atoms with E-state index in [1.807, 2.05) is 6.92 Å². The van der Waals surface area contributed by atoms with Crippen LogP contribution in [0.1, 0.15) is 28.7 Å². The molecule has 0 N–H and O–H groups in total. The number of carbonyl (C=O) groups is 1. The molecule has 0 radical (unpaired) electrons. The average molecular weight is 360 g/mol. The molecule has 1 heterocycles. The van der Waals surface area contributed by atoms with E-state index in [-0.39, 0.29) is 16.7 Å². The Kier molecular flexibility index (Phi) is 4.60. The highest BCUT2D eigenvalue weighted by Gasteiger charge is 2.19. The van der Waals surface area contributed by atoms with Gasteiger partial charge in [0.1, 0.15) is 5.82 Å². The SMILES string of the molecule is CCc1nn(C)c(CC(=O)c2cccc(F)c2Br)c1Cl. The molecule has 2 rings (SSSR count). The maximum atomic E-state index is 13.5. The zero-order valence-corrected chi connectivity index (χ0v) is 13.4. The number of halogens is 3. The molecule has 0 aliphatic rings. The number of rotatable bonds is 4. The quantitative estimate of drug-likeness (QED) is 0.774. The van der Waals surface area contributed by atoms with Crippen LogP contribution in [0.15, 0.2) is 22.7 Å². The Morgan fingerprint density at radius 2 is 2.20 bits per heavy atom. The number of nitrogens with zero attached hydrogens (tertiary/aromatic N) is 2. The van der Waals surface area contributed by atoms with Crippen LogP contribution in [0.5, 0.6) is 0 Å². The molecule has 0 spiro atoms. The Hall–Kier alpha value is -1.20. The zero-order chi connectivity index (χ0) is 14.9. The summed E-state index contributed by atoms with van der Waals surface area (Å²) in [6, 6.07) is 4.39. The Balaban J connectivity index is 2.33. The predicted molar refractivity (Wildman–Crippen MR) is 79.7 cm³/mol. The van der Waals surface area contributed by atoms with E-state index in [0.717, 1.165) is 5.69 Å². The fraction of sp³-hybridized carbons (Fsp3) is 0.286. The molecule has 0 saturated heterocycles. The van der Waals surface area contributed by atoms with Crippen molar-refractivity contribution in [2.75, 3.05) is 0 Å². The van der Waals surface area contributed by atoms with Gasteiger partial charge in [-0.15, -0.1) is 0 Å². The lowest BCUT2D eigenvalue weighted by Crippen LogP contribution is -2.09. The summed E-state index contributed by atoms with van der Waals surface area (Å²) in [6.07, 6.45) is 0.787. The predicted octanol–water partition coefficient (Wildman–Crippen LogP) is 3.96. The number of aryl methyl sites for hydroxylation is 2.